The average molecular weight is 324 g/mol. The molecule has 2 rings (SSSR count). The number of anilines is 1. The van der Waals surface area contributed by atoms with Crippen LogP contribution in [-0.4, -0.2) is 10.9 Å². The molecule has 0 aliphatic rings. The normalized spacial score (nSPS) is 11.5. The van der Waals surface area contributed by atoms with E-state index in [9.17, 15) is 13.6 Å². The number of thiazole rings is 1. The van der Waals surface area contributed by atoms with E-state index in [0.29, 0.717) is 6.42 Å². The lowest BCUT2D eigenvalue weighted by atomic mass is 9.93. The third-order valence-electron chi connectivity index (χ3n) is 3.09. The summed E-state index contributed by atoms with van der Waals surface area (Å²) in [5.74, 6) is -1.77. The molecule has 1 amide bonds. The van der Waals surface area contributed by atoms with Crippen molar-refractivity contribution in [3.8, 4) is 0 Å². The Hall–Kier alpha value is -1.82. The van der Waals surface area contributed by atoms with Gasteiger partial charge in [0.05, 0.1) is 16.4 Å². The number of hydrogen-bond donors (Lipinski definition) is 1. The van der Waals surface area contributed by atoms with Crippen molar-refractivity contribution in [2.75, 3.05) is 5.32 Å². The summed E-state index contributed by atoms with van der Waals surface area (Å²) in [6, 6.07) is 3.06. The lowest BCUT2D eigenvalue weighted by Crippen LogP contribution is -2.14. The van der Waals surface area contributed by atoms with Gasteiger partial charge in [0.25, 0.3) is 0 Å². The molecular weight excluding hydrogens is 306 g/mol. The molecule has 0 bridgehead atoms. The molecule has 0 fully saturated rings. The Morgan fingerprint density at radius 2 is 2.05 bits per heavy atom. The molecule has 1 aromatic carbocycles. The Kier molecular flexibility index (Phi) is 4.90. The largest absolute Gasteiger partial charge is 0.324 e. The van der Waals surface area contributed by atoms with Crippen LogP contribution >= 0.6 is 11.3 Å². The van der Waals surface area contributed by atoms with Crippen molar-refractivity contribution in [3.63, 3.8) is 0 Å². The highest BCUT2D eigenvalue weighted by Crippen LogP contribution is 2.24. The molecule has 1 N–H and O–H groups in total. The molecule has 22 heavy (non-hydrogen) atoms. The van der Waals surface area contributed by atoms with Crippen LogP contribution in [0.25, 0.3) is 0 Å². The standard InChI is InChI=1S/C16H18F2N2OS/c1-16(2,3)13-9-22-15(20-13)7-6-14(21)19-12-5-4-10(17)8-11(12)18/h4-5,8-9H,6-7H2,1-3H3,(H,19,21). The van der Waals surface area contributed by atoms with Crippen molar-refractivity contribution >= 4 is 22.9 Å². The molecule has 0 saturated heterocycles. The number of nitrogens with one attached hydrogen (secondary N) is 1. The monoisotopic (exact) mass is 324 g/mol. The molecule has 0 radical (unpaired) electrons. The van der Waals surface area contributed by atoms with E-state index in [4.69, 9.17) is 0 Å². The maximum atomic E-state index is 13.4. The van der Waals surface area contributed by atoms with Crippen molar-refractivity contribution in [1.82, 2.24) is 4.98 Å². The lowest BCUT2D eigenvalue weighted by Gasteiger charge is -2.14. The zero-order valence-corrected chi connectivity index (χ0v) is 13.6. The van der Waals surface area contributed by atoms with Crippen LogP contribution in [0.3, 0.4) is 0 Å². The van der Waals surface area contributed by atoms with Crippen LogP contribution in [-0.2, 0) is 16.6 Å². The molecular formula is C16H18F2N2OS. The van der Waals surface area contributed by atoms with E-state index < -0.39 is 11.6 Å². The maximum Gasteiger partial charge on any atom is 0.224 e. The van der Waals surface area contributed by atoms with Crippen LogP contribution in [0.5, 0.6) is 0 Å². The molecule has 0 aliphatic heterocycles. The van der Waals surface area contributed by atoms with E-state index >= 15 is 0 Å². The summed E-state index contributed by atoms with van der Waals surface area (Å²) >= 11 is 1.52. The van der Waals surface area contributed by atoms with E-state index in [1.165, 1.54) is 17.4 Å². The second-order valence-electron chi connectivity index (χ2n) is 6.05. The lowest BCUT2D eigenvalue weighted by molar-refractivity contribution is -0.116. The number of hydrogen-bond acceptors (Lipinski definition) is 3. The fourth-order valence-electron chi connectivity index (χ4n) is 1.79. The van der Waals surface area contributed by atoms with Gasteiger partial charge < -0.3 is 5.32 Å². The van der Waals surface area contributed by atoms with E-state index in [-0.39, 0.29) is 23.4 Å². The van der Waals surface area contributed by atoms with Crippen molar-refractivity contribution in [1.29, 1.82) is 0 Å². The molecule has 0 atom stereocenters. The summed E-state index contributed by atoms with van der Waals surface area (Å²) in [5.41, 5.74) is 0.965. The fraction of sp³-hybridized carbons (Fsp3) is 0.375. The molecule has 0 aliphatic carbocycles. The number of nitrogens with zero attached hydrogens (tertiary/aromatic N) is 1. The summed E-state index contributed by atoms with van der Waals surface area (Å²) in [7, 11) is 0. The van der Waals surface area contributed by atoms with Gasteiger partial charge in [-0.25, -0.2) is 13.8 Å². The van der Waals surface area contributed by atoms with Gasteiger partial charge in [0.15, 0.2) is 0 Å². The Morgan fingerprint density at radius 1 is 1.32 bits per heavy atom. The molecule has 3 nitrogen and oxygen atoms in total. The Bertz CT molecular complexity index is 677. The fourth-order valence-corrected chi connectivity index (χ4v) is 2.82. The molecule has 2 aromatic rings. The summed E-state index contributed by atoms with van der Waals surface area (Å²) in [5, 5.41) is 5.31. The minimum atomic E-state index is -0.780. The van der Waals surface area contributed by atoms with Gasteiger partial charge in [0, 0.05) is 29.7 Å². The molecule has 0 saturated carbocycles. The van der Waals surface area contributed by atoms with Gasteiger partial charge in [-0.2, -0.15) is 0 Å². The highest BCUT2D eigenvalue weighted by molar-refractivity contribution is 7.09. The third kappa shape index (κ3) is 4.34. The van der Waals surface area contributed by atoms with Gasteiger partial charge in [-0.3, -0.25) is 4.79 Å². The molecule has 118 valence electrons. The second-order valence-corrected chi connectivity index (χ2v) is 6.99. The third-order valence-corrected chi connectivity index (χ3v) is 4.00. The maximum absolute atomic E-state index is 13.4. The highest BCUT2D eigenvalue weighted by atomic mass is 32.1. The first-order chi connectivity index (χ1) is 10.3. The van der Waals surface area contributed by atoms with E-state index in [0.717, 1.165) is 22.8 Å². The van der Waals surface area contributed by atoms with Crippen LogP contribution in [0, 0.1) is 11.6 Å². The van der Waals surface area contributed by atoms with Gasteiger partial charge >= 0.3 is 0 Å². The number of aromatic nitrogens is 1. The van der Waals surface area contributed by atoms with Crippen molar-refractivity contribution < 1.29 is 13.6 Å². The zero-order chi connectivity index (χ0) is 16.3. The van der Waals surface area contributed by atoms with Gasteiger partial charge in [-0.05, 0) is 12.1 Å². The number of benzene rings is 1. The summed E-state index contributed by atoms with van der Waals surface area (Å²) in [4.78, 5) is 16.3. The summed E-state index contributed by atoms with van der Waals surface area (Å²) < 4.78 is 26.2. The van der Waals surface area contributed by atoms with Gasteiger partial charge in [-0.15, -0.1) is 11.3 Å². The minimum Gasteiger partial charge on any atom is -0.324 e. The number of halogens is 2. The first-order valence-corrected chi connectivity index (χ1v) is 7.83. The molecule has 1 aromatic heterocycles. The Morgan fingerprint density at radius 3 is 2.64 bits per heavy atom. The van der Waals surface area contributed by atoms with Crippen LogP contribution in [0.4, 0.5) is 14.5 Å². The molecule has 0 unspecified atom stereocenters. The van der Waals surface area contributed by atoms with Gasteiger partial charge in [0.2, 0.25) is 5.91 Å². The number of carbonyl (C=O) groups is 1. The molecule has 6 heteroatoms. The predicted molar refractivity (Wildman–Crippen MR) is 84.1 cm³/mol. The van der Waals surface area contributed by atoms with E-state index in [2.05, 4.69) is 31.1 Å². The average Bonchev–Trinajstić information content (AvgIpc) is 2.88. The minimum absolute atomic E-state index is 0.0130. The zero-order valence-electron chi connectivity index (χ0n) is 12.7. The first kappa shape index (κ1) is 16.5. The SMILES string of the molecule is CC(C)(C)c1csc(CCC(=O)Nc2ccc(F)cc2F)n1. The summed E-state index contributed by atoms with van der Waals surface area (Å²) in [6.07, 6.45) is 0.698. The van der Waals surface area contributed by atoms with Crippen molar-refractivity contribution in [2.24, 2.45) is 0 Å². The van der Waals surface area contributed by atoms with E-state index in [1.807, 2.05) is 5.38 Å². The van der Waals surface area contributed by atoms with E-state index in [1.54, 1.807) is 0 Å². The number of amides is 1. The van der Waals surface area contributed by atoms with Crippen LogP contribution in [0.1, 0.15) is 37.9 Å². The number of aryl methyl sites for hydroxylation is 1. The van der Waals surface area contributed by atoms with Crippen LogP contribution < -0.4 is 5.32 Å². The second kappa shape index (κ2) is 6.52. The van der Waals surface area contributed by atoms with Crippen molar-refractivity contribution in [2.45, 2.75) is 39.0 Å². The number of rotatable bonds is 4. The smallest absolute Gasteiger partial charge is 0.224 e. The Balaban J connectivity index is 1.91. The van der Waals surface area contributed by atoms with Crippen molar-refractivity contribution in [3.05, 3.63) is 45.9 Å². The molecule has 1 heterocycles. The first-order valence-electron chi connectivity index (χ1n) is 6.95. The predicted octanol–water partition coefficient (Wildman–Crippen LogP) is 4.29. The van der Waals surface area contributed by atoms with Gasteiger partial charge in [-0.1, -0.05) is 20.8 Å². The topological polar surface area (TPSA) is 42.0 Å². The highest BCUT2D eigenvalue weighted by Gasteiger charge is 2.17. The Labute approximate surface area is 132 Å². The van der Waals surface area contributed by atoms with Gasteiger partial charge in [0.1, 0.15) is 11.6 Å². The number of carbonyl (C=O) groups excluding carboxylic acids is 1. The van der Waals surface area contributed by atoms with Crippen LogP contribution in [0.2, 0.25) is 0 Å². The quantitative estimate of drug-likeness (QED) is 0.911. The van der Waals surface area contributed by atoms with Crippen LogP contribution in [0.15, 0.2) is 23.6 Å². The molecule has 0 spiro atoms. The summed E-state index contributed by atoms with van der Waals surface area (Å²) in [6.45, 7) is 6.24.